The van der Waals surface area contributed by atoms with Crippen molar-refractivity contribution in [3.8, 4) is 22.5 Å². The molecule has 1 aliphatic rings. The monoisotopic (exact) mass is 589 g/mol. The summed E-state index contributed by atoms with van der Waals surface area (Å²) in [5.74, 6) is 0. The predicted octanol–water partition coefficient (Wildman–Crippen LogP) is 11.4. The molecular formula is C43H31N3. The molecule has 0 N–H and O–H groups in total. The Kier molecular flexibility index (Phi) is 5.85. The second-order valence-corrected chi connectivity index (χ2v) is 12.7. The summed E-state index contributed by atoms with van der Waals surface area (Å²) in [7, 11) is 0. The highest BCUT2D eigenvalue weighted by molar-refractivity contribution is 6.16. The molecule has 1 aliphatic carbocycles. The molecule has 0 atom stereocenters. The molecular weight excluding hydrogens is 558 g/mol. The largest absolute Gasteiger partial charge is 0.310 e. The lowest BCUT2D eigenvalue weighted by Crippen LogP contribution is -2.15. The summed E-state index contributed by atoms with van der Waals surface area (Å²) in [6.45, 7) is 4.74. The molecule has 3 nitrogen and oxygen atoms in total. The van der Waals surface area contributed by atoms with Gasteiger partial charge in [-0.05, 0) is 104 Å². The lowest BCUT2D eigenvalue weighted by atomic mass is 9.80. The van der Waals surface area contributed by atoms with E-state index in [0.717, 1.165) is 28.5 Å². The molecule has 0 radical (unpaired) electrons. The van der Waals surface area contributed by atoms with Gasteiger partial charge in [-0.2, -0.15) is 0 Å². The Morgan fingerprint density at radius 2 is 1.26 bits per heavy atom. The van der Waals surface area contributed by atoms with E-state index >= 15 is 0 Å². The molecule has 0 fully saturated rings. The van der Waals surface area contributed by atoms with Gasteiger partial charge < -0.3 is 4.90 Å². The lowest BCUT2D eigenvalue weighted by molar-refractivity contribution is 0.663. The Bertz CT molecular complexity index is 2450. The topological polar surface area (TPSA) is 29.0 Å². The summed E-state index contributed by atoms with van der Waals surface area (Å²) in [5, 5.41) is 7.85. The van der Waals surface area contributed by atoms with Crippen LogP contribution in [0.2, 0.25) is 0 Å². The van der Waals surface area contributed by atoms with Gasteiger partial charge in [0.25, 0.3) is 0 Å². The number of fused-ring (bicyclic) bond motifs is 1. The number of rotatable bonds is 5. The van der Waals surface area contributed by atoms with Gasteiger partial charge in [0.05, 0.1) is 17.1 Å². The summed E-state index contributed by atoms with van der Waals surface area (Å²) >= 11 is 0. The average Bonchev–Trinajstić information content (AvgIpc) is 3.35. The van der Waals surface area contributed by atoms with E-state index in [-0.39, 0.29) is 5.41 Å². The first-order chi connectivity index (χ1) is 22.6. The second-order valence-electron chi connectivity index (χ2n) is 12.7. The molecule has 0 bridgehead atoms. The standard InChI is InChI=1S/C43H31N3/c1-43(2)36-16-10-11-28-18-19-29-25-30(26-37(43)42(29)41(28)36)33-20-21-40(35-15-7-6-14-34(33)35)46(31-12-4-3-5-13-31)32-22-24-45-39(27-32)38-17-8-9-23-44-38/h3-27H,1-2H3. The number of hydrogen-bond acceptors (Lipinski definition) is 3. The molecule has 2 aromatic heterocycles. The van der Waals surface area contributed by atoms with Gasteiger partial charge >= 0.3 is 0 Å². The van der Waals surface area contributed by atoms with E-state index in [0.29, 0.717) is 0 Å². The van der Waals surface area contributed by atoms with Gasteiger partial charge in [0.1, 0.15) is 0 Å². The molecule has 6 aromatic carbocycles. The van der Waals surface area contributed by atoms with Crippen LogP contribution in [0.25, 0.3) is 54.8 Å². The van der Waals surface area contributed by atoms with Crippen molar-refractivity contribution in [3.63, 3.8) is 0 Å². The normalized spacial score (nSPS) is 13.2. The fourth-order valence-corrected chi connectivity index (χ4v) is 7.50. The molecule has 0 amide bonds. The minimum atomic E-state index is -0.0655. The zero-order valence-electron chi connectivity index (χ0n) is 25.8. The zero-order chi connectivity index (χ0) is 30.8. The van der Waals surface area contributed by atoms with Crippen LogP contribution < -0.4 is 4.90 Å². The molecule has 218 valence electrons. The quantitative estimate of drug-likeness (QED) is 0.187. The average molecular weight is 590 g/mol. The molecule has 2 heterocycles. The molecule has 0 unspecified atom stereocenters. The highest BCUT2D eigenvalue weighted by Crippen LogP contribution is 2.51. The molecule has 0 saturated heterocycles. The van der Waals surface area contributed by atoms with Gasteiger partial charge in [-0.3, -0.25) is 9.97 Å². The maximum Gasteiger partial charge on any atom is 0.0906 e. The van der Waals surface area contributed by atoms with Crippen LogP contribution in [0.15, 0.2) is 152 Å². The third kappa shape index (κ3) is 3.98. The zero-order valence-corrected chi connectivity index (χ0v) is 25.8. The Labute approximate surface area is 268 Å². The Hall–Kier alpha value is -5.80. The van der Waals surface area contributed by atoms with Crippen molar-refractivity contribution in [1.82, 2.24) is 9.97 Å². The van der Waals surface area contributed by atoms with E-state index < -0.39 is 0 Å². The summed E-state index contributed by atoms with van der Waals surface area (Å²) in [5.41, 5.74) is 10.2. The highest BCUT2D eigenvalue weighted by atomic mass is 15.1. The number of benzene rings is 6. The van der Waals surface area contributed by atoms with Gasteiger partial charge in [0.2, 0.25) is 0 Å². The molecule has 46 heavy (non-hydrogen) atoms. The van der Waals surface area contributed by atoms with E-state index in [1.54, 1.807) is 0 Å². The Balaban J connectivity index is 1.25. The summed E-state index contributed by atoms with van der Waals surface area (Å²) in [6, 6.07) is 50.2. The summed E-state index contributed by atoms with van der Waals surface area (Å²) < 4.78 is 0. The molecule has 8 aromatic rings. The van der Waals surface area contributed by atoms with Gasteiger partial charge in [-0.15, -0.1) is 0 Å². The van der Waals surface area contributed by atoms with Crippen molar-refractivity contribution in [3.05, 3.63) is 163 Å². The van der Waals surface area contributed by atoms with E-state index in [2.05, 4.69) is 150 Å². The fourth-order valence-electron chi connectivity index (χ4n) is 7.50. The van der Waals surface area contributed by atoms with Crippen molar-refractivity contribution >= 4 is 49.4 Å². The van der Waals surface area contributed by atoms with Gasteiger partial charge in [-0.1, -0.05) is 98.8 Å². The van der Waals surface area contributed by atoms with Crippen LogP contribution in [-0.2, 0) is 5.41 Å². The highest BCUT2D eigenvalue weighted by Gasteiger charge is 2.34. The van der Waals surface area contributed by atoms with Crippen LogP contribution in [0, 0.1) is 0 Å². The van der Waals surface area contributed by atoms with Crippen molar-refractivity contribution in [1.29, 1.82) is 0 Å². The first kappa shape index (κ1) is 26.6. The van der Waals surface area contributed by atoms with Crippen molar-refractivity contribution < 1.29 is 0 Å². The number of para-hydroxylation sites is 1. The summed E-state index contributed by atoms with van der Waals surface area (Å²) in [4.78, 5) is 11.6. The van der Waals surface area contributed by atoms with Gasteiger partial charge in [-0.25, -0.2) is 0 Å². The number of nitrogens with zero attached hydrogens (tertiary/aromatic N) is 3. The Morgan fingerprint density at radius 1 is 0.500 bits per heavy atom. The minimum absolute atomic E-state index is 0.0655. The van der Waals surface area contributed by atoms with Gasteiger partial charge in [0, 0.05) is 34.6 Å². The minimum Gasteiger partial charge on any atom is -0.310 e. The predicted molar refractivity (Wildman–Crippen MR) is 192 cm³/mol. The van der Waals surface area contributed by atoms with E-state index in [1.165, 1.54) is 54.6 Å². The van der Waals surface area contributed by atoms with Crippen LogP contribution in [0.3, 0.4) is 0 Å². The third-order valence-corrected chi connectivity index (χ3v) is 9.70. The van der Waals surface area contributed by atoms with Gasteiger partial charge in [0.15, 0.2) is 0 Å². The van der Waals surface area contributed by atoms with E-state index in [4.69, 9.17) is 0 Å². The summed E-state index contributed by atoms with van der Waals surface area (Å²) in [6.07, 6.45) is 3.69. The third-order valence-electron chi connectivity index (χ3n) is 9.70. The molecule has 0 spiro atoms. The van der Waals surface area contributed by atoms with Crippen LogP contribution in [0.4, 0.5) is 17.1 Å². The number of aromatic nitrogens is 2. The van der Waals surface area contributed by atoms with Crippen LogP contribution >= 0.6 is 0 Å². The number of pyridine rings is 2. The molecule has 0 saturated carbocycles. The van der Waals surface area contributed by atoms with E-state index in [9.17, 15) is 0 Å². The number of hydrogen-bond donors (Lipinski definition) is 0. The van der Waals surface area contributed by atoms with Crippen molar-refractivity contribution in [2.45, 2.75) is 19.3 Å². The molecule has 0 aliphatic heterocycles. The first-order valence-electron chi connectivity index (χ1n) is 15.8. The van der Waals surface area contributed by atoms with Crippen LogP contribution in [0.5, 0.6) is 0 Å². The van der Waals surface area contributed by atoms with Crippen LogP contribution in [-0.4, -0.2) is 9.97 Å². The second kappa shape index (κ2) is 10.1. The Morgan fingerprint density at radius 3 is 2.11 bits per heavy atom. The fraction of sp³-hybridized carbons (Fsp3) is 0.0698. The first-order valence-corrected chi connectivity index (χ1v) is 15.8. The molecule has 3 heteroatoms. The lowest BCUT2D eigenvalue weighted by Gasteiger charge is -2.28. The van der Waals surface area contributed by atoms with Crippen molar-refractivity contribution in [2.24, 2.45) is 0 Å². The smallest absolute Gasteiger partial charge is 0.0906 e. The SMILES string of the molecule is CC1(C)c2cccc3ccc4cc(-c5ccc(N(c6ccccc6)c6ccnc(-c7ccccn7)c6)c6ccccc56)cc1c4c23. The maximum atomic E-state index is 4.68. The van der Waals surface area contributed by atoms with Crippen LogP contribution in [0.1, 0.15) is 25.0 Å². The maximum absolute atomic E-state index is 4.68. The molecule has 9 rings (SSSR count). The number of anilines is 3. The van der Waals surface area contributed by atoms with Crippen molar-refractivity contribution in [2.75, 3.05) is 4.90 Å². The van der Waals surface area contributed by atoms with E-state index in [1.807, 2.05) is 30.6 Å².